The second-order valence-corrected chi connectivity index (χ2v) is 5.46. The van der Waals surface area contributed by atoms with Crippen molar-refractivity contribution in [3.8, 4) is 0 Å². The third kappa shape index (κ3) is 18.5. The SMILES string of the molecule is CCCCCC/C=C\C=C\O/C=C/CCCCCCC(=O)O. The van der Waals surface area contributed by atoms with Gasteiger partial charge in [-0.3, -0.25) is 4.79 Å². The molecule has 3 heteroatoms. The topological polar surface area (TPSA) is 46.5 Å². The fourth-order valence-electron chi connectivity index (χ4n) is 2.02. The summed E-state index contributed by atoms with van der Waals surface area (Å²) in [4.78, 5) is 10.3. The number of carboxylic acids is 1. The predicted octanol–water partition coefficient (Wildman–Crippen LogP) is 5.98. The molecule has 3 nitrogen and oxygen atoms in total. The van der Waals surface area contributed by atoms with Gasteiger partial charge < -0.3 is 9.84 Å². The van der Waals surface area contributed by atoms with Gasteiger partial charge in [-0.05, 0) is 44.3 Å². The minimum Gasteiger partial charge on any atom is -0.481 e. The smallest absolute Gasteiger partial charge is 0.303 e. The van der Waals surface area contributed by atoms with Gasteiger partial charge in [0.2, 0.25) is 0 Å². The molecule has 0 aliphatic rings. The number of unbranched alkanes of at least 4 members (excludes halogenated alkanes) is 8. The molecule has 0 aliphatic heterocycles. The summed E-state index contributed by atoms with van der Waals surface area (Å²) in [6, 6.07) is 0. The lowest BCUT2D eigenvalue weighted by Crippen LogP contribution is -1.93. The first kappa shape index (κ1) is 20.5. The molecule has 0 bridgehead atoms. The zero-order valence-corrected chi connectivity index (χ0v) is 14.0. The van der Waals surface area contributed by atoms with E-state index in [4.69, 9.17) is 9.84 Å². The molecule has 0 radical (unpaired) electrons. The summed E-state index contributed by atoms with van der Waals surface area (Å²) in [5.41, 5.74) is 0. The van der Waals surface area contributed by atoms with Crippen molar-refractivity contribution < 1.29 is 14.6 Å². The van der Waals surface area contributed by atoms with Gasteiger partial charge in [-0.1, -0.05) is 51.2 Å². The highest BCUT2D eigenvalue weighted by molar-refractivity contribution is 5.66. The second kappa shape index (κ2) is 17.5. The molecule has 1 N–H and O–H groups in total. The Morgan fingerprint density at radius 1 is 0.864 bits per heavy atom. The highest BCUT2D eigenvalue weighted by atomic mass is 16.5. The summed E-state index contributed by atoms with van der Waals surface area (Å²) in [5, 5.41) is 8.50. The van der Waals surface area contributed by atoms with Crippen LogP contribution in [-0.4, -0.2) is 11.1 Å². The summed E-state index contributed by atoms with van der Waals surface area (Å²) in [7, 11) is 0. The maximum atomic E-state index is 10.3. The van der Waals surface area contributed by atoms with Crippen molar-refractivity contribution in [2.45, 2.75) is 77.6 Å². The van der Waals surface area contributed by atoms with Gasteiger partial charge in [-0.25, -0.2) is 0 Å². The van der Waals surface area contributed by atoms with E-state index in [-0.39, 0.29) is 6.42 Å². The Kier molecular flexibility index (Phi) is 16.3. The van der Waals surface area contributed by atoms with Crippen molar-refractivity contribution >= 4 is 5.97 Å². The van der Waals surface area contributed by atoms with Crippen molar-refractivity contribution in [2.24, 2.45) is 0 Å². The number of carbonyl (C=O) groups is 1. The Labute approximate surface area is 135 Å². The van der Waals surface area contributed by atoms with E-state index in [1.807, 2.05) is 18.2 Å². The van der Waals surface area contributed by atoms with Crippen LogP contribution in [0.2, 0.25) is 0 Å². The van der Waals surface area contributed by atoms with Gasteiger partial charge in [0.05, 0.1) is 12.5 Å². The summed E-state index contributed by atoms with van der Waals surface area (Å²) >= 11 is 0. The molecule has 0 rings (SSSR count). The first-order valence-corrected chi connectivity index (χ1v) is 8.61. The maximum absolute atomic E-state index is 10.3. The molecule has 0 aromatic heterocycles. The Morgan fingerprint density at radius 2 is 1.55 bits per heavy atom. The number of ether oxygens (including phenoxy) is 1. The van der Waals surface area contributed by atoms with Crippen molar-refractivity contribution in [3.05, 3.63) is 36.8 Å². The third-order valence-electron chi connectivity index (χ3n) is 3.31. The van der Waals surface area contributed by atoms with Crippen LogP contribution >= 0.6 is 0 Å². The molecule has 0 amide bonds. The molecule has 0 saturated carbocycles. The fraction of sp³-hybridized carbons (Fsp3) is 0.632. The average Bonchev–Trinajstić information content (AvgIpc) is 2.50. The third-order valence-corrected chi connectivity index (χ3v) is 3.31. The Balaban J connectivity index is 3.30. The molecule has 0 fully saturated rings. The van der Waals surface area contributed by atoms with Gasteiger partial charge in [0.15, 0.2) is 0 Å². The van der Waals surface area contributed by atoms with E-state index in [1.54, 1.807) is 12.5 Å². The molecule has 0 unspecified atom stereocenters. The second-order valence-electron chi connectivity index (χ2n) is 5.46. The van der Waals surface area contributed by atoms with Gasteiger partial charge in [-0.15, -0.1) is 0 Å². The summed E-state index contributed by atoms with van der Waals surface area (Å²) in [6.07, 6.45) is 23.1. The van der Waals surface area contributed by atoms with Crippen LogP contribution in [0.3, 0.4) is 0 Å². The van der Waals surface area contributed by atoms with E-state index in [0.717, 1.165) is 38.5 Å². The summed E-state index contributed by atoms with van der Waals surface area (Å²) in [5.74, 6) is -0.699. The molecule has 22 heavy (non-hydrogen) atoms. The summed E-state index contributed by atoms with van der Waals surface area (Å²) in [6.45, 7) is 2.23. The van der Waals surface area contributed by atoms with E-state index in [2.05, 4.69) is 13.0 Å². The minimum atomic E-state index is -0.699. The fourth-order valence-corrected chi connectivity index (χ4v) is 2.02. The molecule has 0 aromatic carbocycles. The van der Waals surface area contributed by atoms with Crippen LogP contribution in [0.25, 0.3) is 0 Å². The van der Waals surface area contributed by atoms with Crippen LogP contribution < -0.4 is 0 Å². The van der Waals surface area contributed by atoms with Crippen LogP contribution in [0.4, 0.5) is 0 Å². The molecule has 0 aromatic rings. The zero-order chi connectivity index (χ0) is 16.3. The number of hydrogen-bond acceptors (Lipinski definition) is 2. The number of carboxylic acid groups (broad SMARTS) is 1. The van der Waals surface area contributed by atoms with E-state index in [0.29, 0.717) is 0 Å². The van der Waals surface area contributed by atoms with E-state index < -0.39 is 5.97 Å². The van der Waals surface area contributed by atoms with Crippen LogP contribution in [-0.2, 0) is 9.53 Å². The van der Waals surface area contributed by atoms with Gasteiger partial charge >= 0.3 is 5.97 Å². The standard InChI is InChI=1S/C19H32O3/c1-2-3-4-5-6-8-11-14-17-22-18-15-12-9-7-10-13-16-19(20)21/h8,11,14-15,17-18H,2-7,9-10,12-13,16H2,1H3,(H,20,21)/b11-8-,17-14+,18-15+. The lowest BCUT2D eigenvalue weighted by molar-refractivity contribution is -0.137. The van der Waals surface area contributed by atoms with Crippen LogP contribution in [0.5, 0.6) is 0 Å². The van der Waals surface area contributed by atoms with Crippen molar-refractivity contribution in [3.63, 3.8) is 0 Å². The lowest BCUT2D eigenvalue weighted by atomic mass is 10.1. The number of aliphatic carboxylic acids is 1. The monoisotopic (exact) mass is 308 g/mol. The van der Waals surface area contributed by atoms with E-state index in [1.165, 1.54) is 25.7 Å². The average molecular weight is 308 g/mol. The first-order valence-electron chi connectivity index (χ1n) is 8.61. The Bertz CT molecular complexity index is 330. The van der Waals surface area contributed by atoms with E-state index >= 15 is 0 Å². The Hall–Kier alpha value is -1.51. The molecule has 0 aliphatic carbocycles. The maximum Gasteiger partial charge on any atom is 0.303 e. The van der Waals surface area contributed by atoms with Crippen molar-refractivity contribution in [2.75, 3.05) is 0 Å². The molecule has 0 saturated heterocycles. The minimum absolute atomic E-state index is 0.288. The number of hydrogen-bond donors (Lipinski definition) is 1. The largest absolute Gasteiger partial charge is 0.481 e. The highest BCUT2D eigenvalue weighted by Crippen LogP contribution is 2.06. The quantitative estimate of drug-likeness (QED) is 0.230. The molecular formula is C19H32O3. The molecule has 0 heterocycles. The van der Waals surface area contributed by atoms with Crippen molar-refractivity contribution in [1.29, 1.82) is 0 Å². The number of rotatable bonds is 15. The van der Waals surface area contributed by atoms with Gasteiger partial charge in [0.25, 0.3) is 0 Å². The molecule has 0 atom stereocenters. The number of allylic oxidation sites excluding steroid dienone is 4. The molecule has 0 spiro atoms. The van der Waals surface area contributed by atoms with Gasteiger partial charge in [0.1, 0.15) is 0 Å². The van der Waals surface area contributed by atoms with E-state index in [9.17, 15) is 4.79 Å². The first-order chi connectivity index (χ1) is 10.8. The zero-order valence-electron chi connectivity index (χ0n) is 14.0. The summed E-state index contributed by atoms with van der Waals surface area (Å²) < 4.78 is 5.25. The van der Waals surface area contributed by atoms with Crippen LogP contribution in [0.15, 0.2) is 36.8 Å². The van der Waals surface area contributed by atoms with Crippen LogP contribution in [0.1, 0.15) is 77.6 Å². The van der Waals surface area contributed by atoms with Gasteiger partial charge in [0, 0.05) is 6.42 Å². The molecule has 126 valence electrons. The van der Waals surface area contributed by atoms with Crippen molar-refractivity contribution in [1.82, 2.24) is 0 Å². The molecular weight excluding hydrogens is 276 g/mol. The Morgan fingerprint density at radius 3 is 2.27 bits per heavy atom. The predicted molar refractivity (Wildman–Crippen MR) is 92.6 cm³/mol. The van der Waals surface area contributed by atoms with Crippen LogP contribution in [0, 0.1) is 0 Å². The lowest BCUT2D eigenvalue weighted by Gasteiger charge is -1.96. The van der Waals surface area contributed by atoms with Gasteiger partial charge in [-0.2, -0.15) is 0 Å². The normalized spacial score (nSPS) is 11.9. The highest BCUT2D eigenvalue weighted by Gasteiger charge is 1.95.